The molecule has 1 heterocycles. The zero-order chi connectivity index (χ0) is 25.8. The number of hydrogen-bond acceptors (Lipinski definition) is 6. The van der Waals surface area contributed by atoms with Crippen LogP contribution in [0.1, 0.15) is 44.1 Å². The molecule has 1 aromatic heterocycles. The molecule has 0 spiro atoms. The third kappa shape index (κ3) is 6.69. The number of hydrogen-bond donors (Lipinski definition) is 1. The number of rotatable bonds is 7. The van der Waals surface area contributed by atoms with Crippen molar-refractivity contribution in [2.45, 2.75) is 39.1 Å². The van der Waals surface area contributed by atoms with Gasteiger partial charge in [0.2, 0.25) is 5.88 Å². The van der Waals surface area contributed by atoms with Crippen LogP contribution in [-0.4, -0.2) is 21.0 Å². The summed E-state index contributed by atoms with van der Waals surface area (Å²) in [7, 11) is 0. The number of carbonyl (C=O) groups excluding carboxylic acids is 1. The van der Waals surface area contributed by atoms with E-state index in [-0.39, 0.29) is 40.7 Å². The molecule has 0 saturated carbocycles. The van der Waals surface area contributed by atoms with Crippen LogP contribution in [0.25, 0.3) is 0 Å². The van der Waals surface area contributed by atoms with Crippen molar-refractivity contribution in [1.82, 2.24) is 9.97 Å². The summed E-state index contributed by atoms with van der Waals surface area (Å²) in [4.78, 5) is 20.4. The van der Waals surface area contributed by atoms with E-state index < -0.39 is 42.7 Å². The summed E-state index contributed by atoms with van der Waals surface area (Å²) >= 11 is 0. The van der Waals surface area contributed by atoms with Crippen molar-refractivity contribution in [3.05, 3.63) is 87.9 Å². The number of aromatic nitrogens is 2. The highest BCUT2D eigenvalue weighted by molar-refractivity contribution is 5.89. The van der Waals surface area contributed by atoms with Crippen LogP contribution in [0.15, 0.2) is 48.5 Å². The van der Waals surface area contributed by atoms with Crippen LogP contribution >= 0.6 is 0 Å². The van der Waals surface area contributed by atoms with Gasteiger partial charge in [-0.25, -0.2) is 9.78 Å². The molecular weight excluding hydrogens is 482 g/mol. The normalized spacial score (nSPS) is 11.9. The van der Waals surface area contributed by atoms with Crippen LogP contribution in [0.5, 0.6) is 5.88 Å². The van der Waals surface area contributed by atoms with Crippen molar-refractivity contribution in [1.29, 1.82) is 0 Å². The number of esters is 1. The van der Waals surface area contributed by atoms with E-state index in [0.29, 0.717) is 0 Å². The summed E-state index contributed by atoms with van der Waals surface area (Å²) in [6, 6.07) is 8.65. The minimum absolute atomic E-state index is 0.0724. The highest BCUT2D eigenvalue weighted by atomic mass is 19.4. The van der Waals surface area contributed by atoms with E-state index in [2.05, 4.69) is 9.97 Å². The van der Waals surface area contributed by atoms with Crippen molar-refractivity contribution < 1.29 is 45.7 Å². The number of aliphatic hydroxyl groups is 1. The largest absolute Gasteiger partial charge is 0.472 e. The summed E-state index contributed by atoms with van der Waals surface area (Å²) in [5.74, 6) is -1.41. The highest BCUT2D eigenvalue weighted by Gasteiger charge is 2.31. The van der Waals surface area contributed by atoms with Gasteiger partial charge in [-0.05, 0) is 42.3 Å². The average Bonchev–Trinajstić information content (AvgIpc) is 2.81. The first-order chi connectivity index (χ1) is 16.4. The zero-order valence-corrected chi connectivity index (χ0v) is 18.1. The predicted octanol–water partition coefficient (Wildman–Crippen LogP) is 5.25. The summed E-state index contributed by atoms with van der Waals surface area (Å²) in [6.07, 6.45) is -9.10. The molecule has 1 N–H and O–H groups in total. The average molecular weight is 500 g/mol. The van der Waals surface area contributed by atoms with E-state index in [1.807, 2.05) is 0 Å². The van der Waals surface area contributed by atoms with Crippen molar-refractivity contribution in [3.8, 4) is 5.88 Å². The van der Waals surface area contributed by atoms with Gasteiger partial charge in [-0.3, -0.25) is 0 Å². The molecule has 12 heteroatoms. The monoisotopic (exact) mass is 500 g/mol. The Kier molecular flexibility index (Phi) is 7.64. The maximum Gasteiger partial charge on any atom is 0.416 e. The molecule has 186 valence electrons. The molecule has 0 saturated heterocycles. The first-order valence-corrected chi connectivity index (χ1v) is 9.99. The lowest BCUT2D eigenvalue weighted by Crippen LogP contribution is -2.15. The first-order valence-electron chi connectivity index (χ1n) is 9.99. The molecule has 0 aliphatic rings. The maximum atomic E-state index is 12.9. The number of alkyl halides is 6. The summed E-state index contributed by atoms with van der Waals surface area (Å²) in [6.45, 7) is -0.107. The maximum absolute atomic E-state index is 12.9. The molecule has 0 fully saturated rings. The Hall–Kier alpha value is -3.67. The fourth-order valence-corrected chi connectivity index (χ4v) is 2.99. The van der Waals surface area contributed by atoms with Gasteiger partial charge < -0.3 is 14.6 Å². The predicted molar refractivity (Wildman–Crippen MR) is 109 cm³/mol. The highest BCUT2D eigenvalue weighted by Crippen LogP contribution is 2.31. The Morgan fingerprint density at radius 1 is 0.886 bits per heavy atom. The molecule has 0 aliphatic heterocycles. The van der Waals surface area contributed by atoms with Gasteiger partial charge in [0, 0.05) is 5.56 Å². The van der Waals surface area contributed by atoms with Gasteiger partial charge in [-0.15, -0.1) is 0 Å². The van der Waals surface area contributed by atoms with Crippen LogP contribution in [0.2, 0.25) is 0 Å². The number of nitrogens with zero attached hydrogens (tertiary/aromatic N) is 2. The van der Waals surface area contributed by atoms with Gasteiger partial charge >= 0.3 is 18.3 Å². The molecule has 2 aromatic carbocycles. The van der Waals surface area contributed by atoms with Crippen molar-refractivity contribution in [3.63, 3.8) is 0 Å². The molecule has 0 amide bonds. The van der Waals surface area contributed by atoms with E-state index in [1.165, 1.54) is 31.2 Å². The number of carbonyl (C=O) groups is 1. The first kappa shape index (κ1) is 25.9. The molecule has 0 radical (unpaired) electrons. The molecule has 0 aliphatic carbocycles. The number of ether oxygens (including phenoxy) is 2. The second-order valence-electron chi connectivity index (χ2n) is 7.34. The van der Waals surface area contributed by atoms with Crippen molar-refractivity contribution >= 4 is 5.97 Å². The van der Waals surface area contributed by atoms with Crippen LogP contribution in [0, 0.1) is 6.92 Å². The quantitative estimate of drug-likeness (QED) is 0.353. The van der Waals surface area contributed by atoms with E-state index in [9.17, 15) is 36.2 Å². The minimum Gasteiger partial charge on any atom is -0.472 e. The third-order valence-electron chi connectivity index (χ3n) is 4.74. The van der Waals surface area contributed by atoms with E-state index >= 15 is 0 Å². The molecule has 0 atom stereocenters. The lowest BCUT2D eigenvalue weighted by molar-refractivity contribution is -0.138. The fraction of sp³-hybridized carbons (Fsp3) is 0.261. The van der Waals surface area contributed by atoms with Gasteiger partial charge in [0.15, 0.2) is 11.5 Å². The molecule has 0 unspecified atom stereocenters. The van der Waals surface area contributed by atoms with Crippen LogP contribution in [-0.2, 0) is 36.9 Å². The minimum atomic E-state index is -4.56. The second-order valence-corrected chi connectivity index (χ2v) is 7.34. The third-order valence-corrected chi connectivity index (χ3v) is 4.74. The van der Waals surface area contributed by atoms with E-state index in [1.54, 1.807) is 0 Å². The summed E-state index contributed by atoms with van der Waals surface area (Å²) in [5.41, 5.74) is -1.75. The SMILES string of the molecule is Cc1c(OCc2cccc(C(F)(F)F)c2)nc(CO)nc1C(=O)OCc1cccc(C(F)(F)F)c1. The fourth-order valence-electron chi connectivity index (χ4n) is 2.99. The molecule has 35 heavy (non-hydrogen) atoms. The van der Waals surface area contributed by atoms with E-state index in [0.717, 1.165) is 24.3 Å². The van der Waals surface area contributed by atoms with Crippen LogP contribution in [0.4, 0.5) is 26.3 Å². The smallest absolute Gasteiger partial charge is 0.416 e. The zero-order valence-electron chi connectivity index (χ0n) is 18.1. The van der Waals surface area contributed by atoms with Crippen LogP contribution < -0.4 is 4.74 Å². The number of benzene rings is 2. The van der Waals surface area contributed by atoms with Gasteiger partial charge in [-0.1, -0.05) is 24.3 Å². The lowest BCUT2D eigenvalue weighted by Gasteiger charge is -2.14. The van der Waals surface area contributed by atoms with Gasteiger partial charge in [0.05, 0.1) is 11.1 Å². The molecule has 3 rings (SSSR count). The standard InChI is InChI=1S/C23H18F6N2O4/c1-13-19(21(33)35-12-15-5-3-7-17(9-15)23(27,28)29)30-18(10-32)31-20(13)34-11-14-4-2-6-16(8-14)22(24,25)26/h2-9,32H,10-12H2,1H3. The number of aliphatic hydroxyl groups excluding tert-OH is 1. The van der Waals surface area contributed by atoms with Gasteiger partial charge in [0.25, 0.3) is 0 Å². The Labute approximate surface area is 195 Å². The topological polar surface area (TPSA) is 81.5 Å². The Balaban J connectivity index is 1.77. The molecule has 6 nitrogen and oxygen atoms in total. The molecule has 3 aromatic rings. The van der Waals surface area contributed by atoms with Crippen molar-refractivity contribution in [2.24, 2.45) is 0 Å². The number of halogens is 6. The Bertz CT molecular complexity index is 1210. The molecule has 0 bridgehead atoms. The van der Waals surface area contributed by atoms with Gasteiger partial charge in [-0.2, -0.15) is 31.3 Å². The molecular formula is C23H18F6N2O4. The lowest BCUT2D eigenvalue weighted by atomic mass is 10.1. The Morgan fingerprint density at radius 2 is 1.43 bits per heavy atom. The summed E-state index contributed by atoms with van der Waals surface area (Å²) < 4.78 is 87.9. The Morgan fingerprint density at radius 3 is 1.94 bits per heavy atom. The van der Waals surface area contributed by atoms with Gasteiger partial charge in [0.1, 0.15) is 19.8 Å². The summed E-state index contributed by atoms with van der Waals surface area (Å²) in [5, 5.41) is 9.42. The van der Waals surface area contributed by atoms with Crippen molar-refractivity contribution in [2.75, 3.05) is 0 Å². The van der Waals surface area contributed by atoms with E-state index in [4.69, 9.17) is 9.47 Å². The second kappa shape index (κ2) is 10.3. The van der Waals surface area contributed by atoms with Crippen LogP contribution in [0.3, 0.4) is 0 Å².